The second-order valence-electron chi connectivity index (χ2n) is 4.21. The first kappa shape index (κ1) is 10.1. The van der Waals surface area contributed by atoms with Crippen LogP contribution < -0.4 is 10.5 Å². The average Bonchev–Trinajstić information content (AvgIpc) is 2.39. The molecule has 1 aromatic carbocycles. The molecule has 0 aliphatic carbocycles. The summed E-state index contributed by atoms with van der Waals surface area (Å²) >= 11 is 0. The fraction of sp³-hybridized carbons (Fsp3) is 0.214. The Hall–Kier alpha value is -2.03. The van der Waals surface area contributed by atoms with E-state index in [1.807, 2.05) is 24.3 Å². The molecular weight excluding hydrogens is 212 g/mol. The predicted octanol–water partition coefficient (Wildman–Crippen LogP) is 2.66. The lowest BCUT2D eigenvalue weighted by Crippen LogP contribution is -2.08. The van der Waals surface area contributed by atoms with Gasteiger partial charge in [-0.15, -0.1) is 0 Å². The minimum absolute atomic E-state index is 0.573. The second kappa shape index (κ2) is 4.09. The average molecular weight is 226 g/mol. The van der Waals surface area contributed by atoms with Crippen LogP contribution in [-0.4, -0.2) is 11.6 Å². The Labute approximate surface area is 100 Å². The van der Waals surface area contributed by atoms with Crippen molar-refractivity contribution in [3.8, 4) is 16.9 Å². The van der Waals surface area contributed by atoms with Gasteiger partial charge in [0, 0.05) is 11.8 Å². The number of rotatable bonds is 1. The van der Waals surface area contributed by atoms with Crippen LogP contribution in [-0.2, 0) is 6.42 Å². The van der Waals surface area contributed by atoms with Gasteiger partial charge in [-0.3, -0.25) is 0 Å². The fourth-order valence-corrected chi connectivity index (χ4v) is 2.19. The molecule has 2 N–H and O–H groups in total. The number of nitrogens with zero attached hydrogens (tertiary/aromatic N) is 1. The van der Waals surface area contributed by atoms with E-state index in [-0.39, 0.29) is 0 Å². The molecular formula is C14H14N2O. The molecule has 0 unspecified atom stereocenters. The quantitative estimate of drug-likeness (QED) is 0.813. The van der Waals surface area contributed by atoms with Crippen molar-refractivity contribution in [3.63, 3.8) is 0 Å². The third-order valence-corrected chi connectivity index (χ3v) is 3.06. The van der Waals surface area contributed by atoms with E-state index in [0.717, 1.165) is 36.3 Å². The molecule has 0 bridgehead atoms. The Morgan fingerprint density at radius 1 is 1.24 bits per heavy atom. The molecule has 3 nitrogen and oxygen atoms in total. The summed E-state index contributed by atoms with van der Waals surface area (Å²) < 4.78 is 5.60. The van der Waals surface area contributed by atoms with Crippen LogP contribution in [0.25, 0.3) is 11.1 Å². The SMILES string of the molecule is Nc1ncccc1-c1ccc2c(c1)CCCO2. The molecule has 17 heavy (non-hydrogen) atoms. The van der Waals surface area contributed by atoms with Crippen molar-refractivity contribution in [2.45, 2.75) is 12.8 Å². The number of benzene rings is 1. The van der Waals surface area contributed by atoms with Crippen molar-refractivity contribution in [2.24, 2.45) is 0 Å². The Morgan fingerprint density at radius 2 is 2.18 bits per heavy atom. The zero-order valence-electron chi connectivity index (χ0n) is 9.52. The molecule has 1 aliphatic rings. The molecule has 0 radical (unpaired) electrons. The number of anilines is 1. The lowest BCUT2D eigenvalue weighted by Gasteiger charge is -2.18. The van der Waals surface area contributed by atoms with Crippen LogP contribution in [0.5, 0.6) is 5.75 Å². The van der Waals surface area contributed by atoms with E-state index < -0.39 is 0 Å². The number of aryl methyl sites for hydroxylation is 1. The summed E-state index contributed by atoms with van der Waals surface area (Å²) in [6.45, 7) is 0.821. The molecule has 3 rings (SSSR count). The zero-order valence-corrected chi connectivity index (χ0v) is 9.52. The predicted molar refractivity (Wildman–Crippen MR) is 67.9 cm³/mol. The van der Waals surface area contributed by atoms with Crippen molar-refractivity contribution in [3.05, 3.63) is 42.1 Å². The first-order chi connectivity index (χ1) is 8.34. The first-order valence-corrected chi connectivity index (χ1v) is 5.81. The van der Waals surface area contributed by atoms with Gasteiger partial charge in [-0.05, 0) is 48.2 Å². The number of pyridine rings is 1. The molecule has 0 saturated heterocycles. The molecule has 0 spiro atoms. The highest BCUT2D eigenvalue weighted by Gasteiger charge is 2.12. The number of hydrogen-bond donors (Lipinski definition) is 1. The van der Waals surface area contributed by atoms with Gasteiger partial charge in [0.1, 0.15) is 11.6 Å². The summed E-state index contributed by atoms with van der Waals surface area (Å²) in [4.78, 5) is 4.11. The van der Waals surface area contributed by atoms with Gasteiger partial charge in [0.25, 0.3) is 0 Å². The monoisotopic (exact) mass is 226 g/mol. The maximum Gasteiger partial charge on any atom is 0.131 e. The topological polar surface area (TPSA) is 48.1 Å². The Morgan fingerprint density at radius 3 is 3.06 bits per heavy atom. The van der Waals surface area contributed by atoms with Gasteiger partial charge >= 0.3 is 0 Å². The van der Waals surface area contributed by atoms with Gasteiger partial charge < -0.3 is 10.5 Å². The van der Waals surface area contributed by atoms with E-state index in [1.165, 1.54) is 5.56 Å². The molecule has 86 valence electrons. The standard InChI is InChI=1S/C14H14N2O/c15-14-12(4-1-7-16-14)10-5-6-13-11(9-10)3-2-8-17-13/h1,4-7,9H,2-3,8H2,(H2,15,16). The molecule has 0 saturated carbocycles. The molecule has 0 amide bonds. The fourth-order valence-electron chi connectivity index (χ4n) is 2.19. The normalized spacial score (nSPS) is 13.9. The number of fused-ring (bicyclic) bond motifs is 1. The third-order valence-electron chi connectivity index (χ3n) is 3.06. The van der Waals surface area contributed by atoms with E-state index in [0.29, 0.717) is 5.82 Å². The van der Waals surface area contributed by atoms with Gasteiger partial charge in [-0.25, -0.2) is 4.98 Å². The summed E-state index contributed by atoms with van der Waals surface area (Å²) in [6, 6.07) is 10.1. The number of aromatic nitrogens is 1. The van der Waals surface area contributed by atoms with E-state index in [4.69, 9.17) is 10.5 Å². The summed E-state index contributed by atoms with van der Waals surface area (Å²) in [7, 11) is 0. The van der Waals surface area contributed by atoms with E-state index in [1.54, 1.807) is 6.20 Å². The van der Waals surface area contributed by atoms with Crippen molar-refractivity contribution >= 4 is 5.82 Å². The highest BCUT2D eigenvalue weighted by Crippen LogP contribution is 2.31. The van der Waals surface area contributed by atoms with Crippen LogP contribution in [0.2, 0.25) is 0 Å². The van der Waals surface area contributed by atoms with Gasteiger partial charge in [-0.2, -0.15) is 0 Å². The summed E-state index contributed by atoms with van der Waals surface area (Å²) in [5.74, 6) is 1.58. The second-order valence-corrected chi connectivity index (χ2v) is 4.21. The largest absolute Gasteiger partial charge is 0.493 e. The number of nitrogen functional groups attached to an aromatic ring is 1. The number of ether oxygens (including phenoxy) is 1. The van der Waals surface area contributed by atoms with Crippen molar-refractivity contribution in [1.29, 1.82) is 0 Å². The maximum atomic E-state index is 5.89. The van der Waals surface area contributed by atoms with Crippen molar-refractivity contribution in [1.82, 2.24) is 4.98 Å². The molecule has 1 aromatic heterocycles. The van der Waals surface area contributed by atoms with Crippen LogP contribution in [0.1, 0.15) is 12.0 Å². The molecule has 1 aliphatic heterocycles. The summed E-state index contributed by atoms with van der Waals surface area (Å²) in [5.41, 5.74) is 9.25. The molecule has 2 aromatic rings. The lowest BCUT2D eigenvalue weighted by molar-refractivity contribution is 0.288. The molecule has 3 heteroatoms. The summed E-state index contributed by atoms with van der Waals surface area (Å²) in [5, 5.41) is 0. The van der Waals surface area contributed by atoms with Crippen LogP contribution in [0.15, 0.2) is 36.5 Å². The van der Waals surface area contributed by atoms with Gasteiger partial charge in [-0.1, -0.05) is 6.07 Å². The molecule has 0 atom stereocenters. The number of hydrogen-bond acceptors (Lipinski definition) is 3. The third kappa shape index (κ3) is 1.84. The van der Waals surface area contributed by atoms with Crippen LogP contribution >= 0.6 is 0 Å². The van der Waals surface area contributed by atoms with Gasteiger partial charge in [0.05, 0.1) is 6.61 Å². The van der Waals surface area contributed by atoms with Crippen LogP contribution in [0.4, 0.5) is 5.82 Å². The zero-order chi connectivity index (χ0) is 11.7. The molecule has 0 fully saturated rings. The highest BCUT2D eigenvalue weighted by molar-refractivity contribution is 5.74. The maximum absolute atomic E-state index is 5.89. The Kier molecular flexibility index (Phi) is 2.44. The van der Waals surface area contributed by atoms with Gasteiger partial charge in [0.15, 0.2) is 0 Å². The Bertz CT molecular complexity index is 552. The van der Waals surface area contributed by atoms with Gasteiger partial charge in [0.2, 0.25) is 0 Å². The highest BCUT2D eigenvalue weighted by atomic mass is 16.5. The first-order valence-electron chi connectivity index (χ1n) is 5.81. The molecule has 2 heterocycles. The van der Waals surface area contributed by atoms with E-state index >= 15 is 0 Å². The van der Waals surface area contributed by atoms with Crippen molar-refractivity contribution in [2.75, 3.05) is 12.3 Å². The Balaban J connectivity index is 2.07. The smallest absolute Gasteiger partial charge is 0.131 e. The van der Waals surface area contributed by atoms with E-state index in [9.17, 15) is 0 Å². The minimum atomic E-state index is 0.573. The van der Waals surface area contributed by atoms with Crippen LogP contribution in [0, 0.1) is 0 Å². The van der Waals surface area contributed by atoms with E-state index in [2.05, 4.69) is 11.1 Å². The minimum Gasteiger partial charge on any atom is -0.493 e. The number of nitrogens with two attached hydrogens (primary N) is 1. The lowest BCUT2D eigenvalue weighted by atomic mass is 9.99. The van der Waals surface area contributed by atoms with Crippen molar-refractivity contribution < 1.29 is 4.74 Å². The van der Waals surface area contributed by atoms with Crippen LogP contribution in [0.3, 0.4) is 0 Å². The summed E-state index contributed by atoms with van der Waals surface area (Å²) in [6.07, 6.45) is 3.86.